The van der Waals surface area contributed by atoms with Crippen LogP contribution < -0.4 is 5.69 Å². The van der Waals surface area contributed by atoms with Crippen LogP contribution in [0.15, 0.2) is 68.6 Å². The third-order valence-electron chi connectivity index (χ3n) is 3.28. The molecule has 0 unspecified atom stereocenters. The van der Waals surface area contributed by atoms with Crippen LogP contribution in [-0.2, 0) is 6.54 Å². The van der Waals surface area contributed by atoms with Crippen LogP contribution in [0.2, 0.25) is 5.02 Å². The van der Waals surface area contributed by atoms with Gasteiger partial charge in [0.15, 0.2) is 5.82 Å². The summed E-state index contributed by atoms with van der Waals surface area (Å²) in [4.78, 5) is 14.7. The summed E-state index contributed by atoms with van der Waals surface area (Å²) in [5.74, 6) is -0.118. The maximum atomic E-state index is 12.9. The maximum Gasteiger partial charge on any atom is 0.328 e. The molecule has 0 fully saturated rings. The lowest BCUT2D eigenvalue weighted by Crippen LogP contribution is -2.17. The topological polar surface area (TPSA) is 62.5 Å². The van der Waals surface area contributed by atoms with Crippen molar-refractivity contribution in [3.63, 3.8) is 0 Å². The second kappa shape index (κ2) is 7.02. The summed E-state index contributed by atoms with van der Waals surface area (Å²) in [7, 11) is 0. The van der Waals surface area contributed by atoms with Crippen LogP contribution in [0.5, 0.6) is 0 Å². The lowest BCUT2D eigenvalue weighted by atomic mass is 10.2. The zero-order chi connectivity index (χ0) is 17.1. The molecule has 122 valence electrons. The van der Waals surface area contributed by atoms with Gasteiger partial charge in [-0.15, -0.1) is 22.9 Å². The van der Waals surface area contributed by atoms with Crippen molar-refractivity contribution < 1.29 is 4.39 Å². The number of halogens is 2. The maximum absolute atomic E-state index is 12.9. The van der Waals surface area contributed by atoms with Gasteiger partial charge >= 0.3 is 5.69 Å². The number of azo groups is 1. The van der Waals surface area contributed by atoms with Crippen molar-refractivity contribution in [1.82, 2.24) is 9.55 Å². The standard InChI is InChI=1S/C16H12ClFN4OS/c17-11-3-1-10(2-4-11)9-22-15(24)14(19-16(22)23)21-20-13-7-5-12(18)6-8-13/h1-8,24H,9H2,(H,19,23). The van der Waals surface area contributed by atoms with E-state index in [1.165, 1.54) is 28.8 Å². The zero-order valence-electron chi connectivity index (χ0n) is 12.3. The molecule has 24 heavy (non-hydrogen) atoms. The Morgan fingerprint density at radius 2 is 1.75 bits per heavy atom. The Hall–Kier alpha value is -2.38. The molecule has 0 aliphatic rings. The third-order valence-corrected chi connectivity index (χ3v) is 3.99. The van der Waals surface area contributed by atoms with Gasteiger partial charge in [0.05, 0.1) is 12.2 Å². The Morgan fingerprint density at radius 3 is 2.42 bits per heavy atom. The number of thiol groups is 1. The highest BCUT2D eigenvalue weighted by Gasteiger charge is 2.11. The van der Waals surface area contributed by atoms with E-state index in [0.717, 1.165) is 5.56 Å². The lowest BCUT2D eigenvalue weighted by molar-refractivity contribution is 0.628. The molecule has 0 bridgehead atoms. The van der Waals surface area contributed by atoms with Crippen LogP contribution in [0.4, 0.5) is 15.9 Å². The van der Waals surface area contributed by atoms with Gasteiger partial charge in [0.2, 0.25) is 0 Å². The van der Waals surface area contributed by atoms with Crippen LogP contribution >= 0.6 is 24.2 Å². The number of aromatic amines is 1. The molecule has 5 nitrogen and oxygen atoms in total. The molecule has 0 spiro atoms. The minimum absolute atomic E-state index is 0.238. The van der Waals surface area contributed by atoms with Crippen LogP contribution in [0.25, 0.3) is 0 Å². The van der Waals surface area contributed by atoms with Crippen molar-refractivity contribution in [2.75, 3.05) is 0 Å². The molecule has 0 saturated carbocycles. The predicted octanol–water partition coefficient (Wildman–Crippen LogP) is 4.72. The molecular formula is C16H12ClFN4OS. The fourth-order valence-corrected chi connectivity index (χ4v) is 2.44. The van der Waals surface area contributed by atoms with Gasteiger partial charge in [-0.1, -0.05) is 23.7 Å². The number of nitrogens with zero attached hydrogens (tertiary/aromatic N) is 3. The van der Waals surface area contributed by atoms with E-state index in [-0.39, 0.29) is 17.3 Å². The average molecular weight is 363 g/mol. The first-order valence-corrected chi connectivity index (χ1v) is 7.79. The van der Waals surface area contributed by atoms with Crippen LogP contribution in [0.1, 0.15) is 5.56 Å². The first kappa shape index (κ1) is 16.5. The van der Waals surface area contributed by atoms with Gasteiger partial charge in [0, 0.05) is 5.02 Å². The van der Waals surface area contributed by atoms with Crippen LogP contribution in [0.3, 0.4) is 0 Å². The summed E-state index contributed by atoms with van der Waals surface area (Å²) in [5, 5.41) is 8.92. The van der Waals surface area contributed by atoms with Crippen molar-refractivity contribution in [2.45, 2.75) is 11.6 Å². The largest absolute Gasteiger partial charge is 0.328 e. The Morgan fingerprint density at radius 1 is 1.08 bits per heavy atom. The minimum atomic E-state index is -0.355. The zero-order valence-corrected chi connectivity index (χ0v) is 13.9. The van der Waals surface area contributed by atoms with Crippen molar-refractivity contribution in [1.29, 1.82) is 0 Å². The molecule has 8 heteroatoms. The molecule has 0 radical (unpaired) electrons. The number of hydrogen-bond donors (Lipinski definition) is 2. The molecule has 1 N–H and O–H groups in total. The van der Waals surface area contributed by atoms with Gasteiger partial charge in [-0.25, -0.2) is 9.18 Å². The van der Waals surface area contributed by atoms with Crippen molar-refractivity contribution >= 4 is 35.7 Å². The van der Waals surface area contributed by atoms with Crippen LogP contribution in [-0.4, -0.2) is 9.55 Å². The van der Waals surface area contributed by atoms with E-state index in [4.69, 9.17) is 11.6 Å². The van der Waals surface area contributed by atoms with Crippen molar-refractivity contribution in [3.05, 3.63) is 75.4 Å². The van der Waals surface area contributed by atoms with Gasteiger partial charge in [-0.2, -0.15) is 0 Å². The highest BCUT2D eigenvalue weighted by molar-refractivity contribution is 7.80. The highest BCUT2D eigenvalue weighted by atomic mass is 35.5. The third kappa shape index (κ3) is 3.74. The van der Waals surface area contributed by atoms with E-state index < -0.39 is 0 Å². The van der Waals surface area contributed by atoms with E-state index in [0.29, 0.717) is 22.3 Å². The number of H-pyrrole nitrogens is 1. The summed E-state index contributed by atoms with van der Waals surface area (Å²) < 4.78 is 14.3. The quantitative estimate of drug-likeness (QED) is 0.512. The van der Waals surface area contributed by atoms with E-state index in [1.54, 1.807) is 12.1 Å². The molecule has 3 rings (SSSR count). The fourth-order valence-electron chi connectivity index (χ4n) is 2.05. The Kier molecular flexibility index (Phi) is 4.82. The molecule has 0 aliphatic carbocycles. The van der Waals surface area contributed by atoms with Gasteiger partial charge in [-0.05, 0) is 42.0 Å². The molecule has 0 atom stereocenters. The lowest BCUT2D eigenvalue weighted by Gasteiger charge is -2.03. The first-order valence-electron chi connectivity index (χ1n) is 6.96. The summed E-state index contributed by atoms with van der Waals surface area (Å²) >= 11 is 10.2. The monoisotopic (exact) mass is 362 g/mol. The molecule has 0 saturated heterocycles. The predicted molar refractivity (Wildman–Crippen MR) is 93.4 cm³/mol. The molecule has 1 heterocycles. The van der Waals surface area contributed by atoms with Crippen LogP contribution in [0, 0.1) is 5.82 Å². The smallest absolute Gasteiger partial charge is 0.288 e. The Balaban J connectivity index is 1.84. The number of imidazole rings is 1. The van der Waals surface area contributed by atoms with Gasteiger partial charge < -0.3 is 0 Å². The molecular weight excluding hydrogens is 351 g/mol. The average Bonchev–Trinajstić information content (AvgIpc) is 2.84. The number of benzene rings is 2. The number of aromatic nitrogens is 2. The summed E-state index contributed by atoms with van der Waals surface area (Å²) in [6.07, 6.45) is 0. The van der Waals surface area contributed by atoms with E-state index in [2.05, 4.69) is 27.8 Å². The summed E-state index contributed by atoms with van der Waals surface area (Å²) in [6, 6.07) is 12.7. The Labute approximate surface area is 147 Å². The van der Waals surface area contributed by atoms with E-state index >= 15 is 0 Å². The number of hydrogen-bond acceptors (Lipinski definition) is 4. The number of rotatable bonds is 4. The SMILES string of the molecule is O=c1[nH]c(N=Nc2ccc(F)cc2)c(S)n1Cc1ccc(Cl)cc1. The van der Waals surface area contributed by atoms with Gasteiger partial charge in [0.25, 0.3) is 0 Å². The first-order chi connectivity index (χ1) is 11.5. The normalized spacial score (nSPS) is 11.3. The summed E-state index contributed by atoms with van der Waals surface area (Å²) in [5.41, 5.74) is 1.02. The second-order valence-corrected chi connectivity index (χ2v) is 5.85. The fraction of sp³-hybridized carbons (Fsp3) is 0.0625. The molecule has 2 aromatic carbocycles. The molecule has 3 aromatic rings. The minimum Gasteiger partial charge on any atom is -0.288 e. The highest BCUT2D eigenvalue weighted by Crippen LogP contribution is 2.23. The molecule has 1 aromatic heterocycles. The Bertz CT molecular complexity index is 932. The van der Waals surface area contributed by atoms with Gasteiger partial charge in [0.1, 0.15) is 10.8 Å². The number of nitrogens with one attached hydrogen (secondary N) is 1. The second-order valence-electron chi connectivity index (χ2n) is 4.99. The van der Waals surface area contributed by atoms with Crippen molar-refractivity contribution in [2.24, 2.45) is 10.2 Å². The van der Waals surface area contributed by atoms with Gasteiger partial charge in [-0.3, -0.25) is 9.55 Å². The van der Waals surface area contributed by atoms with E-state index in [1.807, 2.05) is 12.1 Å². The van der Waals surface area contributed by atoms with Crippen molar-refractivity contribution in [3.8, 4) is 0 Å². The molecule has 0 aliphatic heterocycles. The van der Waals surface area contributed by atoms with E-state index in [9.17, 15) is 9.18 Å². The molecule has 0 amide bonds. The summed E-state index contributed by atoms with van der Waals surface area (Å²) in [6.45, 7) is 0.331.